The SMILES string of the molecule is CN1CCN(CC(NC(=O)C2CCN(C(=O)CCOc3ccccc3)CC2)c2ccccc2)CC1. The summed E-state index contributed by atoms with van der Waals surface area (Å²) < 4.78 is 5.66. The van der Waals surface area contributed by atoms with Crippen molar-refractivity contribution < 1.29 is 14.3 Å². The van der Waals surface area contributed by atoms with E-state index in [1.807, 2.05) is 53.4 Å². The number of piperidine rings is 1. The van der Waals surface area contributed by atoms with E-state index in [9.17, 15) is 9.59 Å². The predicted molar refractivity (Wildman–Crippen MR) is 137 cm³/mol. The van der Waals surface area contributed by atoms with Crippen molar-refractivity contribution in [1.82, 2.24) is 20.0 Å². The molecule has 1 N–H and O–H groups in total. The second-order valence-corrected chi connectivity index (χ2v) is 9.64. The number of ether oxygens (including phenoxy) is 1. The van der Waals surface area contributed by atoms with Crippen LogP contribution in [0.25, 0.3) is 0 Å². The van der Waals surface area contributed by atoms with Crippen LogP contribution in [0.5, 0.6) is 5.75 Å². The van der Waals surface area contributed by atoms with Gasteiger partial charge in [-0.05, 0) is 37.6 Å². The Morgan fingerprint density at radius 3 is 2.20 bits per heavy atom. The Balaban J connectivity index is 1.25. The van der Waals surface area contributed by atoms with Gasteiger partial charge in [0.05, 0.1) is 19.1 Å². The number of likely N-dealkylation sites (N-methyl/N-ethyl adjacent to an activating group) is 1. The van der Waals surface area contributed by atoms with Crippen LogP contribution in [0.1, 0.15) is 30.9 Å². The van der Waals surface area contributed by atoms with Gasteiger partial charge in [0.15, 0.2) is 0 Å². The lowest BCUT2D eigenvalue weighted by atomic mass is 9.94. The zero-order chi connectivity index (χ0) is 24.5. The standard InChI is InChI=1S/C28H38N4O3/c1-30-17-19-31(20-18-30)22-26(23-8-4-2-5-9-23)29-28(34)24-12-15-32(16-13-24)27(33)14-21-35-25-10-6-3-7-11-25/h2-11,24,26H,12-22H2,1H3,(H,29,34). The third-order valence-electron chi connectivity index (χ3n) is 7.10. The fraction of sp³-hybridized carbons (Fsp3) is 0.500. The van der Waals surface area contributed by atoms with E-state index in [1.54, 1.807) is 0 Å². The zero-order valence-electron chi connectivity index (χ0n) is 20.8. The molecule has 188 valence electrons. The largest absolute Gasteiger partial charge is 0.493 e. The van der Waals surface area contributed by atoms with E-state index in [2.05, 4.69) is 34.3 Å². The van der Waals surface area contributed by atoms with Crippen molar-refractivity contribution in [3.8, 4) is 5.75 Å². The quantitative estimate of drug-likeness (QED) is 0.601. The molecule has 2 saturated heterocycles. The average molecular weight is 479 g/mol. The summed E-state index contributed by atoms with van der Waals surface area (Å²) in [5, 5.41) is 3.34. The summed E-state index contributed by atoms with van der Waals surface area (Å²) >= 11 is 0. The highest BCUT2D eigenvalue weighted by molar-refractivity contribution is 5.80. The lowest BCUT2D eigenvalue weighted by Gasteiger charge is -2.36. The molecule has 0 bridgehead atoms. The molecule has 2 aliphatic heterocycles. The molecule has 35 heavy (non-hydrogen) atoms. The second-order valence-electron chi connectivity index (χ2n) is 9.64. The number of nitrogens with one attached hydrogen (secondary N) is 1. The van der Waals surface area contributed by atoms with Crippen molar-refractivity contribution in [2.24, 2.45) is 5.92 Å². The van der Waals surface area contributed by atoms with Gasteiger partial charge in [0.2, 0.25) is 11.8 Å². The average Bonchev–Trinajstić information content (AvgIpc) is 2.90. The normalized spacial score (nSPS) is 18.7. The molecule has 2 fully saturated rings. The van der Waals surface area contributed by atoms with E-state index >= 15 is 0 Å². The summed E-state index contributed by atoms with van der Waals surface area (Å²) in [6.45, 7) is 6.58. The Hall–Kier alpha value is -2.90. The van der Waals surface area contributed by atoms with Gasteiger partial charge in [0.25, 0.3) is 0 Å². The van der Waals surface area contributed by atoms with Crippen molar-refractivity contribution in [1.29, 1.82) is 0 Å². The summed E-state index contributed by atoms with van der Waals surface area (Å²) in [5.74, 6) is 0.919. The summed E-state index contributed by atoms with van der Waals surface area (Å²) in [5.41, 5.74) is 1.14. The molecule has 1 unspecified atom stereocenters. The fourth-order valence-electron chi connectivity index (χ4n) is 4.82. The first-order valence-corrected chi connectivity index (χ1v) is 12.8. The number of para-hydroxylation sites is 1. The van der Waals surface area contributed by atoms with Crippen molar-refractivity contribution in [3.05, 3.63) is 66.2 Å². The fourth-order valence-corrected chi connectivity index (χ4v) is 4.82. The maximum Gasteiger partial charge on any atom is 0.225 e. The molecule has 2 aromatic rings. The van der Waals surface area contributed by atoms with Gasteiger partial charge in [-0.15, -0.1) is 0 Å². The number of benzene rings is 2. The topological polar surface area (TPSA) is 65.1 Å². The molecule has 2 aromatic carbocycles. The van der Waals surface area contributed by atoms with Gasteiger partial charge in [0, 0.05) is 51.7 Å². The number of carbonyl (C=O) groups is 2. The van der Waals surface area contributed by atoms with Crippen molar-refractivity contribution in [2.75, 3.05) is 59.5 Å². The molecule has 0 spiro atoms. The number of amides is 2. The molecule has 0 aromatic heterocycles. The Morgan fingerprint density at radius 1 is 0.914 bits per heavy atom. The number of hydrogen-bond acceptors (Lipinski definition) is 5. The molecule has 4 rings (SSSR count). The molecule has 7 heteroatoms. The van der Waals surface area contributed by atoms with Crippen LogP contribution in [-0.2, 0) is 9.59 Å². The van der Waals surface area contributed by atoms with Crippen LogP contribution in [0.3, 0.4) is 0 Å². The van der Waals surface area contributed by atoms with E-state index < -0.39 is 0 Å². The Bertz CT molecular complexity index is 924. The number of hydrogen-bond donors (Lipinski definition) is 1. The van der Waals surface area contributed by atoms with Crippen LogP contribution < -0.4 is 10.1 Å². The minimum atomic E-state index is -0.0571. The molecule has 2 heterocycles. The first-order chi connectivity index (χ1) is 17.1. The van der Waals surface area contributed by atoms with Crippen molar-refractivity contribution >= 4 is 11.8 Å². The third kappa shape index (κ3) is 7.54. The molecule has 2 amide bonds. The van der Waals surface area contributed by atoms with E-state index in [-0.39, 0.29) is 23.8 Å². The first kappa shape index (κ1) is 25.2. The van der Waals surface area contributed by atoms with Gasteiger partial charge in [-0.1, -0.05) is 48.5 Å². The van der Waals surface area contributed by atoms with Gasteiger partial charge in [-0.2, -0.15) is 0 Å². The molecular formula is C28H38N4O3. The highest BCUT2D eigenvalue weighted by atomic mass is 16.5. The second kappa shape index (κ2) is 12.7. The molecule has 2 aliphatic rings. The molecule has 0 radical (unpaired) electrons. The highest BCUT2D eigenvalue weighted by Crippen LogP contribution is 2.22. The molecule has 0 aliphatic carbocycles. The Labute approximate surface area is 209 Å². The van der Waals surface area contributed by atoms with E-state index in [1.165, 1.54) is 0 Å². The minimum Gasteiger partial charge on any atom is -0.493 e. The predicted octanol–water partition coefficient (Wildman–Crippen LogP) is 2.80. The summed E-state index contributed by atoms with van der Waals surface area (Å²) in [6.07, 6.45) is 1.76. The van der Waals surface area contributed by atoms with Gasteiger partial charge in [-0.3, -0.25) is 14.5 Å². The van der Waals surface area contributed by atoms with Crippen LogP contribution >= 0.6 is 0 Å². The molecule has 0 saturated carbocycles. The minimum absolute atomic E-state index is 0.0260. The number of rotatable bonds is 9. The molecular weight excluding hydrogens is 440 g/mol. The third-order valence-corrected chi connectivity index (χ3v) is 7.10. The van der Waals surface area contributed by atoms with Crippen molar-refractivity contribution in [3.63, 3.8) is 0 Å². The van der Waals surface area contributed by atoms with E-state index in [0.29, 0.717) is 39.0 Å². The number of likely N-dealkylation sites (tertiary alicyclic amines) is 1. The Kier molecular flexibility index (Phi) is 9.15. The maximum absolute atomic E-state index is 13.2. The lowest BCUT2D eigenvalue weighted by molar-refractivity contribution is -0.136. The maximum atomic E-state index is 13.2. The van der Waals surface area contributed by atoms with Crippen LogP contribution in [0.15, 0.2) is 60.7 Å². The highest BCUT2D eigenvalue weighted by Gasteiger charge is 2.29. The first-order valence-electron chi connectivity index (χ1n) is 12.8. The zero-order valence-corrected chi connectivity index (χ0v) is 20.8. The van der Waals surface area contributed by atoms with Gasteiger partial charge in [0.1, 0.15) is 5.75 Å². The number of carbonyl (C=O) groups excluding carboxylic acids is 2. The van der Waals surface area contributed by atoms with E-state index in [0.717, 1.165) is 44.0 Å². The van der Waals surface area contributed by atoms with Crippen LogP contribution in [0.2, 0.25) is 0 Å². The Morgan fingerprint density at radius 2 is 1.54 bits per heavy atom. The lowest BCUT2D eigenvalue weighted by Crippen LogP contribution is -2.49. The summed E-state index contributed by atoms with van der Waals surface area (Å²) in [7, 11) is 2.15. The molecule has 1 atom stereocenters. The summed E-state index contributed by atoms with van der Waals surface area (Å²) in [4.78, 5) is 32.5. The number of nitrogens with zero attached hydrogens (tertiary/aromatic N) is 3. The van der Waals surface area contributed by atoms with Crippen LogP contribution in [-0.4, -0.2) is 86.0 Å². The van der Waals surface area contributed by atoms with Crippen LogP contribution in [0.4, 0.5) is 0 Å². The molecule has 7 nitrogen and oxygen atoms in total. The smallest absolute Gasteiger partial charge is 0.225 e. The van der Waals surface area contributed by atoms with Gasteiger partial charge in [-0.25, -0.2) is 0 Å². The van der Waals surface area contributed by atoms with E-state index in [4.69, 9.17) is 4.74 Å². The monoisotopic (exact) mass is 478 g/mol. The van der Waals surface area contributed by atoms with Crippen LogP contribution in [0, 0.1) is 5.92 Å². The van der Waals surface area contributed by atoms with Crippen molar-refractivity contribution in [2.45, 2.75) is 25.3 Å². The summed E-state index contributed by atoms with van der Waals surface area (Å²) in [6, 6.07) is 19.8. The van der Waals surface area contributed by atoms with Gasteiger partial charge < -0.3 is 19.9 Å². The van der Waals surface area contributed by atoms with Gasteiger partial charge >= 0.3 is 0 Å². The number of piperazine rings is 1.